The highest BCUT2D eigenvalue weighted by Crippen LogP contribution is 2.23. The van der Waals surface area contributed by atoms with Crippen molar-refractivity contribution >= 4 is 16.7 Å². The topological polar surface area (TPSA) is 44.8 Å². The summed E-state index contributed by atoms with van der Waals surface area (Å²) in [6.45, 7) is 7.98. The average molecular weight is 458 g/mol. The van der Waals surface area contributed by atoms with E-state index in [4.69, 9.17) is 4.74 Å². The van der Waals surface area contributed by atoms with E-state index < -0.39 is 0 Å². The molecule has 0 radical (unpaired) electrons. The zero-order valence-electron chi connectivity index (χ0n) is 19.9. The van der Waals surface area contributed by atoms with Gasteiger partial charge in [-0.25, -0.2) is 0 Å². The molecular formula is C29H35N3O2. The number of fused-ring (bicyclic) bond motifs is 1. The van der Waals surface area contributed by atoms with Crippen LogP contribution in [0.25, 0.3) is 10.8 Å². The lowest BCUT2D eigenvalue weighted by Gasteiger charge is -2.32. The van der Waals surface area contributed by atoms with E-state index in [1.165, 1.54) is 21.9 Å². The van der Waals surface area contributed by atoms with E-state index in [2.05, 4.69) is 81.8 Å². The Kier molecular flexibility index (Phi) is 7.54. The Labute approximate surface area is 202 Å². The Balaban J connectivity index is 1.12. The van der Waals surface area contributed by atoms with Crippen molar-refractivity contribution in [2.24, 2.45) is 5.92 Å². The minimum atomic E-state index is 0.0596. The Hall–Kier alpha value is -2.73. The van der Waals surface area contributed by atoms with E-state index in [1.807, 2.05) is 0 Å². The maximum Gasteiger partial charge on any atom is 0.224 e. The van der Waals surface area contributed by atoms with Crippen molar-refractivity contribution < 1.29 is 9.53 Å². The zero-order chi connectivity index (χ0) is 23.2. The molecule has 34 heavy (non-hydrogen) atoms. The summed E-state index contributed by atoms with van der Waals surface area (Å²) in [4.78, 5) is 17.8. The van der Waals surface area contributed by atoms with Crippen LogP contribution in [0.3, 0.4) is 0 Å². The molecule has 0 bridgehead atoms. The van der Waals surface area contributed by atoms with Gasteiger partial charge in [0.25, 0.3) is 0 Å². The number of nitrogens with one attached hydrogen (secondary N) is 1. The quantitative estimate of drug-likeness (QED) is 0.578. The summed E-state index contributed by atoms with van der Waals surface area (Å²) in [5.74, 6) is 0.240. The zero-order valence-corrected chi connectivity index (χ0v) is 19.9. The first-order valence-corrected chi connectivity index (χ1v) is 12.6. The first kappa shape index (κ1) is 23.0. The maximum atomic E-state index is 13.0. The standard InChI is InChI=1S/C29H35N3O2/c33-29(30-19-23-10-12-24(13-11-23)20-31-15-17-34-18-16-31)27-8-4-14-32(22-27)21-26-7-3-6-25-5-1-2-9-28(25)26/h1-3,5-7,9-13,27H,4,8,14-22H2,(H,30,33). The normalized spacial score (nSPS) is 19.8. The fourth-order valence-corrected chi connectivity index (χ4v) is 5.20. The molecule has 5 nitrogen and oxygen atoms in total. The van der Waals surface area contributed by atoms with Gasteiger partial charge in [-0.1, -0.05) is 66.7 Å². The van der Waals surface area contributed by atoms with Crippen LogP contribution >= 0.6 is 0 Å². The van der Waals surface area contributed by atoms with Crippen LogP contribution in [0.4, 0.5) is 0 Å². The van der Waals surface area contributed by atoms with Gasteiger partial charge in [-0.15, -0.1) is 0 Å². The van der Waals surface area contributed by atoms with Crippen LogP contribution in [-0.4, -0.2) is 55.1 Å². The molecule has 178 valence electrons. The number of morpholine rings is 1. The minimum absolute atomic E-state index is 0.0596. The fourth-order valence-electron chi connectivity index (χ4n) is 5.20. The Morgan fingerprint density at radius 1 is 0.853 bits per heavy atom. The lowest BCUT2D eigenvalue weighted by atomic mass is 9.96. The molecule has 2 fully saturated rings. The molecule has 1 unspecified atom stereocenters. The second-order valence-corrected chi connectivity index (χ2v) is 9.64. The van der Waals surface area contributed by atoms with Crippen molar-refractivity contribution in [3.05, 3.63) is 83.4 Å². The van der Waals surface area contributed by atoms with E-state index in [-0.39, 0.29) is 11.8 Å². The SMILES string of the molecule is O=C(NCc1ccc(CN2CCOCC2)cc1)C1CCCN(Cc2cccc3ccccc23)C1. The predicted octanol–water partition coefficient (Wildman–Crippen LogP) is 4.20. The molecule has 0 aromatic heterocycles. The van der Waals surface area contributed by atoms with E-state index in [0.717, 1.165) is 70.9 Å². The number of hydrogen-bond acceptors (Lipinski definition) is 4. The molecule has 1 N–H and O–H groups in total. The number of piperidine rings is 1. The first-order valence-electron chi connectivity index (χ1n) is 12.6. The predicted molar refractivity (Wildman–Crippen MR) is 136 cm³/mol. The van der Waals surface area contributed by atoms with Crippen LogP contribution < -0.4 is 5.32 Å². The van der Waals surface area contributed by atoms with Crippen molar-refractivity contribution in [2.75, 3.05) is 39.4 Å². The third kappa shape index (κ3) is 5.84. The summed E-state index contributed by atoms with van der Waals surface area (Å²) >= 11 is 0. The van der Waals surface area contributed by atoms with Gasteiger partial charge in [0.1, 0.15) is 0 Å². The number of carbonyl (C=O) groups excluding carboxylic acids is 1. The molecule has 0 spiro atoms. The molecule has 5 heteroatoms. The third-order valence-electron chi connectivity index (χ3n) is 7.15. The summed E-state index contributed by atoms with van der Waals surface area (Å²) in [7, 11) is 0. The largest absolute Gasteiger partial charge is 0.379 e. The lowest BCUT2D eigenvalue weighted by molar-refractivity contribution is -0.126. The summed E-state index contributed by atoms with van der Waals surface area (Å²) in [5, 5.41) is 5.78. The third-order valence-corrected chi connectivity index (χ3v) is 7.15. The van der Waals surface area contributed by atoms with Gasteiger partial charge in [-0.2, -0.15) is 0 Å². The van der Waals surface area contributed by atoms with Gasteiger partial charge >= 0.3 is 0 Å². The van der Waals surface area contributed by atoms with Crippen LogP contribution in [0.5, 0.6) is 0 Å². The Morgan fingerprint density at radius 2 is 1.62 bits per heavy atom. The number of amides is 1. The molecule has 2 heterocycles. The summed E-state index contributed by atoms with van der Waals surface area (Å²) in [5.41, 5.74) is 3.81. The number of ether oxygens (including phenoxy) is 1. The number of hydrogen-bond donors (Lipinski definition) is 1. The van der Waals surface area contributed by atoms with Crippen LogP contribution in [0.2, 0.25) is 0 Å². The molecule has 0 aliphatic carbocycles. The van der Waals surface area contributed by atoms with Crippen LogP contribution in [-0.2, 0) is 29.2 Å². The van der Waals surface area contributed by atoms with Gasteiger partial charge in [-0.3, -0.25) is 14.6 Å². The number of carbonyl (C=O) groups is 1. The highest BCUT2D eigenvalue weighted by molar-refractivity contribution is 5.85. The molecule has 5 rings (SSSR count). The average Bonchev–Trinajstić information content (AvgIpc) is 2.89. The number of nitrogens with zero attached hydrogens (tertiary/aromatic N) is 2. The van der Waals surface area contributed by atoms with Crippen molar-refractivity contribution in [3.8, 4) is 0 Å². The summed E-state index contributed by atoms with van der Waals surface area (Å²) in [6, 6.07) is 23.7. The highest BCUT2D eigenvalue weighted by Gasteiger charge is 2.26. The van der Waals surface area contributed by atoms with E-state index in [9.17, 15) is 4.79 Å². The lowest BCUT2D eigenvalue weighted by Crippen LogP contribution is -2.42. The van der Waals surface area contributed by atoms with Crippen LogP contribution in [0.1, 0.15) is 29.5 Å². The number of rotatable bonds is 7. The number of likely N-dealkylation sites (tertiary alicyclic amines) is 1. The smallest absolute Gasteiger partial charge is 0.224 e. The van der Waals surface area contributed by atoms with Gasteiger partial charge in [0.2, 0.25) is 5.91 Å². The molecule has 1 atom stereocenters. The van der Waals surface area contributed by atoms with Crippen molar-refractivity contribution in [2.45, 2.75) is 32.5 Å². The van der Waals surface area contributed by atoms with E-state index in [0.29, 0.717) is 6.54 Å². The van der Waals surface area contributed by atoms with E-state index >= 15 is 0 Å². The van der Waals surface area contributed by atoms with Gasteiger partial charge in [-0.05, 0) is 46.8 Å². The maximum absolute atomic E-state index is 13.0. The van der Waals surface area contributed by atoms with Crippen molar-refractivity contribution in [1.82, 2.24) is 15.1 Å². The highest BCUT2D eigenvalue weighted by atomic mass is 16.5. The molecule has 3 aromatic carbocycles. The molecule has 1 amide bonds. The molecule has 2 saturated heterocycles. The Morgan fingerprint density at radius 3 is 2.47 bits per heavy atom. The van der Waals surface area contributed by atoms with Gasteiger partial charge < -0.3 is 10.1 Å². The van der Waals surface area contributed by atoms with Crippen LogP contribution in [0, 0.1) is 5.92 Å². The molecular weight excluding hydrogens is 422 g/mol. The molecule has 0 saturated carbocycles. The monoisotopic (exact) mass is 457 g/mol. The van der Waals surface area contributed by atoms with Gasteiger partial charge in [0.15, 0.2) is 0 Å². The van der Waals surface area contributed by atoms with Crippen molar-refractivity contribution in [1.29, 1.82) is 0 Å². The second-order valence-electron chi connectivity index (χ2n) is 9.64. The number of benzene rings is 3. The van der Waals surface area contributed by atoms with Gasteiger partial charge in [0.05, 0.1) is 19.1 Å². The minimum Gasteiger partial charge on any atom is -0.379 e. The van der Waals surface area contributed by atoms with Crippen molar-refractivity contribution in [3.63, 3.8) is 0 Å². The van der Waals surface area contributed by atoms with Gasteiger partial charge in [0, 0.05) is 39.3 Å². The second kappa shape index (κ2) is 11.1. The summed E-state index contributed by atoms with van der Waals surface area (Å²) in [6.07, 6.45) is 2.04. The molecule has 2 aliphatic heterocycles. The Bertz CT molecular complexity index is 1090. The summed E-state index contributed by atoms with van der Waals surface area (Å²) < 4.78 is 5.43. The first-order chi connectivity index (χ1) is 16.7. The molecule has 3 aromatic rings. The fraction of sp³-hybridized carbons (Fsp3) is 0.414. The van der Waals surface area contributed by atoms with E-state index in [1.54, 1.807) is 0 Å². The molecule has 2 aliphatic rings. The van der Waals surface area contributed by atoms with Crippen LogP contribution in [0.15, 0.2) is 66.7 Å².